The molecular weight excluding hydrogens is 457 g/mol. The Bertz CT molecular complexity index is 1490. The molecule has 3 aromatic carbocycles. The number of nitriles is 2. The molecule has 1 amide bonds. The van der Waals surface area contributed by atoms with E-state index < -0.39 is 34.4 Å². The number of allylic oxidation sites excluding steroid dienone is 1. The second-order valence-electron chi connectivity index (χ2n) is 8.78. The van der Waals surface area contributed by atoms with Gasteiger partial charge in [-0.2, -0.15) is 10.5 Å². The average Bonchev–Trinajstić information content (AvgIpc) is 3.36. The first-order valence-electron chi connectivity index (χ1n) is 11.3. The third kappa shape index (κ3) is 2.93. The second-order valence-corrected chi connectivity index (χ2v) is 8.78. The fraction of sp³-hybridized carbons (Fsp3) is 0.172. The molecule has 0 fully saturated rings. The van der Waals surface area contributed by atoms with Crippen molar-refractivity contribution in [3.63, 3.8) is 0 Å². The van der Waals surface area contributed by atoms with E-state index in [9.17, 15) is 20.1 Å². The molecule has 1 aliphatic carbocycles. The molecular formula is C29H20FN3O3. The van der Waals surface area contributed by atoms with E-state index >= 15 is 4.39 Å². The van der Waals surface area contributed by atoms with Crippen molar-refractivity contribution < 1.29 is 18.7 Å². The predicted octanol–water partition coefficient (Wildman–Crippen LogP) is 4.54. The van der Waals surface area contributed by atoms with Crippen LogP contribution in [0.2, 0.25) is 0 Å². The van der Waals surface area contributed by atoms with Crippen LogP contribution in [0.3, 0.4) is 0 Å². The molecule has 3 aromatic rings. The van der Waals surface area contributed by atoms with Crippen LogP contribution in [-0.4, -0.2) is 19.0 Å². The first kappa shape index (κ1) is 23.0. The molecule has 2 aliphatic rings. The number of carbonyl (C=O) groups excluding carboxylic acids is 2. The van der Waals surface area contributed by atoms with E-state index in [0.717, 1.165) is 5.56 Å². The van der Waals surface area contributed by atoms with Gasteiger partial charge in [-0.25, -0.2) is 9.18 Å². The molecule has 1 aliphatic heterocycles. The number of nitrogens with zero attached hydrogens (tertiary/aromatic N) is 3. The number of halogens is 1. The van der Waals surface area contributed by atoms with Gasteiger partial charge in [0, 0.05) is 17.2 Å². The highest BCUT2D eigenvalue weighted by Crippen LogP contribution is 2.65. The summed E-state index contributed by atoms with van der Waals surface area (Å²) in [6.45, 7) is 0.170. The maximum absolute atomic E-state index is 15.4. The van der Waals surface area contributed by atoms with Crippen molar-refractivity contribution in [1.82, 2.24) is 0 Å². The van der Waals surface area contributed by atoms with Crippen LogP contribution in [0, 0.1) is 33.9 Å². The van der Waals surface area contributed by atoms with Crippen LogP contribution in [0.4, 0.5) is 10.1 Å². The molecule has 6 nitrogen and oxygen atoms in total. The standard InChI is InChI=1S/C29H20FN3O3/c1-36-26(34)21-15-28(17-31,18-32)29(25(21)20-11-5-7-13-23(20)30)22-12-6-8-14-24(22)33(27(29)35)16-19-9-3-2-4-10-19/h2-15,25H,16H2,1H3/t25-,29+/m1/s1. The van der Waals surface area contributed by atoms with E-state index in [1.54, 1.807) is 30.3 Å². The van der Waals surface area contributed by atoms with Gasteiger partial charge in [0.2, 0.25) is 5.91 Å². The van der Waals surface area contributed by atoms with Gasteiger partial charge in [-0.1, -0.05) is 66.7 Å². The van der Waals surface area contributed by atoms with Gasteiger partial charge in [0.05, 0.1) is 25.8 Å². The monoisotopic (exact) mass is 477 g/mol. The molecule has 0 bridgehead atoms. The predicted molar refractivity (Wildman–Crippen MR) is 129 cm³/mol. The number of rotatable bonds is 4. The number of anilines is 1. The van der Waals surface area contributed by atoms with Gasteiger partial charge in [-0.15, -0.1) is 0 Å². The normalized spacial score (nSPS) is 21.4. The van der Waals surface area contributed by atoms with Crippen molar-refractivity contribution in [2.24, 2.45) is 5.41 Å². The summed E-state index contributed by atoms with van der Waals surface area (Å²) in [5.74, 6) is -3.31. The first-order chi connectivity index (χ1) is 17.4. The number of benzene rings is 3. The van der Waals surface area contributed by atoms with Gasteiger partial charge in [-0.3, -0.25) is 4.79 Å². The number of amides is 1. The summed E-state index contributed by atoms with van der Waals surface area (Å²) in [5, 5.41) is 20.9. The van der Waals surface area contributed by atoms with E-state index in [4.69, 9.17) is 4.74 Å². The minimum atomic E-state index is -2.10. The van der Waals surface area contributed by atoms with Crippen molar-refractivity contribution >= 4 is 17.6 Å². The number of hydrogen-bond donors (Lipinski definition) is 0. The van der Waals surface area contributed by atoms with Crippen LogP contribution in [0.5, 0.6) is 0 Å². The van der Waals surface area contributed by atoms with Gasteiger partial charge in [-0.05, 0) is 34.9 Å². The first-order valence-corrected chi connectivity index (χ1v) is 11.3. The molecule has 1 spiro atoms. The van der Waals surface area contributed by atoms with Crippen LogP contribution < -0.4 is 4.90 Å². The molecule has 0 N–H and O–H groups in total. The lowest BCUT2D eigenvalue weighted by molar-refractivity contribution is -0.136. The smallest absolute Gasteiger partial charge is 0.334 e. The van der Waals surface area contributed by atoms with E-state index in [0.29, 0.717) is 11.3 Å². The Hall–Kier alpha value is -4.75. The van der Waals surface area contributed by atoms with Gasteiger partial charge >= 0.3 is 5.97 Å². The Balaban J connectivity index is 1.85. The number of methoxy groups -OCH3 is 1. The molecule has 0 unspecified atom stereocenters. The summed E-state index contributed by atoms with van der Waals surface area (Å²) in [6.07, 6.45) is 1.19. The Labute approximate surface area is 207 Å². The maximum atomic E-state index is 15.4. The lowest BCUT2D eigenvalue weighted by atomic mass is 9.57. The molecule has 0 radical (unpaired) electrons. The Morgan fingerprint density at radius 1 is 1.00 bits per heavy atom. The van der Waals surface area contributed by atoms with Crippen molar-refractivity contribution in [3.8, 4) is 12.1 Å². The van der Waals surface area contributed by atoms with Crippen LogP contribution in [-0.2, 0) is 26.3 Å². The zero-order valence-electron chi connectivity index (χ0n) is 19.3. The van der Waals surface area contributed by atoms with Crippen LogP contribution in [0.1, 0.15) is 22.6 Å². The molecule has 2 atom stereocenters. The van der Waals surface area contributed by atoms with Crippen LogP contribution in [0.15, 0.2) is 90.5 Å². The molecule has 0 saturated heterocycles. The maximum Gasteiger partial charge on any atom is 0.334 e. The van der Waals surface area contributed by atoms with Crippen LogP contribution in [0.25, 0.3) is 0 Å². The fourth-order valence-electron chi connectivity index (χ4n) is 5.62. The summed E-state index contributed by atoms with van der Waals surface area (Å²) in [5.41, 5.74) is -2.35. The number of esters is 1. The van der Waals surface area contributed by atoms with E-state index in [-0.39, 0.29) is 17.7 Å². The highest BCUT2D eigenvalue weighted by Gasteiger charge is 2.72. The quantitative estimate of drug-likeness (QED) is 0.514. The van der Waals surface area contributed by atoms with Crippen molar-refractivity contribution in [1.29, 1.82) is 10.5 Å². The Morgan fingerprint density at radius 3 is 2.31 bits per heavy atom. The van der Waals surface area contributed by atoms with Crippen molar-refractivity contribution in [3.05, 3.63) is 113 Å². The van der Waals surface area contributed by atoms with Crippen LogP contribution >= 0.6 is 0 Å². The van der Waals surface area contributed by atoms with Gasteiger partial charge < -0.3 is 9.64 Å². The molecule has 7 heteroatoms. The number of hydrogen-bond acceptors (Lipinski definition) is 5. The molecule has 5 rings (SSSR count). The minimum Gasteiger partial charge on any atom is -0.466 e. The van der Waals surface area contributed by atoms with Crippen molar-refractivity contribution in [2.75, 3.05) is 12.0 Å². The lowest BCUT2D eigenvalue weighted by Gasteiger charge is -2.38. The Kier molecular flexibility index (Phi) is 5.42. The molecule has 176 valence electrons. The summed E-state index contributed by atoms with van der Waals surface area (Å²) >= 11 is 0. The third-order valence-corrected chi connectivity index (χ3v) is 7.11. The zero-order chi connectivity index (χ0) is 25.5. The minimum absolute atomic E-state index is 0.0336. The largest absolute Gasteiger partial charge is 0.466 e. The molecule has 0 aromatic heterocycles. The van der Waals surface area contributed by atoms with Crippen molar-refractivity contribution in [2.45, 2.75) is 17.9 Å². The second kappa shape index (κ2) is 8.48. The van der Waals surface area contributed by atoms with Gasteiger partial charge in [0.25, 0.3) is 0 Å². The van der Waals surface area contributed by atoms with E-state index in [2.05, 4.69) is 0 Å². The van der Waals surface area contributed by atoms with E-state index in [1.165, 1.54) is 36.3 Å². The van der Waals surface area contributed by atoms with E-state index in [1.807, 2.05) is 42.5 Å². The number of para-hydroxylation sites is 1. The summed E-state index contributed by atoms with van der Waals surface area (Å²) in [6, 6.07) is 26.0. The summed E-state index contributed by atoms with van der Waals surface area (Å²) in [7, 11) is 1.17. The fourth-order valence-corrected chi connectivity index (χ4v) is 5.62. The number of fused-ring (bicyclic) bond motifs is 2. The van der Waals surface area contributed by atoms with Gasteiger partial charge in [0.1, 0.15) is 11.2 Å². The highest BCUT2D eigenvalue weighted by molar-refractivity contribution is 6.13. The third-order valence-electron chi connectivity index (χ3n) is 7.11. The summed E-state index contributed by atoms with van der Waals surface area (Å²) < 4.78 is 20.3. The highest BCUT2D eigenvalue weighted by atomic mass is 19.1. The zero-order valence-corrected chi connectivity index (χ0v) is 19.3. The number of ether oxygens (including phenoxy) is 1. The molecule has 1 heterocycles. The number of carbonyl (C=O) groups is 2. The lowest BCUT2D eigenvalue weighted by Crippen LogP contribution is -2.52. The summed E-state index contributed by atoms with van der Waals surface area (Å²) in [4.78, 5) is 29.1. The SMILES string of the molecule is COC(=O)C1=CC(C#N)(C#N)[C@]2(C(=O)N(Cc3ccccc3)c3ccccc32)[C@@H]1c1ccccc1F. The average molecular weight is 477 g/mol. The molecule has 36 heavy (non-hydrogen) atoms. The molecule has 0 saturated carbocycles. The van der Waals surface area contributed by atoms with Gasteiger partial charge in [0.15, 0.2) is 5.41 Å². The Morgan fingerprint density at radius 2 is 1.64 bits per heavy atom. The topological polar surface area (TPSA) is 94.2 Å².